The lowest BCUT2D eigenvalue weighted by molar-refractivity contribution is -0.151. The Morgan fingerprint density at radius 1 is 1.26 bits per heavy atom. The molecule has 0 atom stereocenters. The minimum atomic E-state index is -0.403. The van der Waals surface area contributed by atoms with Gasteiger partial charge in [-0.3, -0.25) is 9.59 Å². The SMILES string of the molecule is Cc1ccc2c(CC(=O)OCC(=O)N(C3=CCCCC3)C3CC3)coc2c1. The van der Waals surface area contributed by atoms with Crippen molar-refractivity contribution >= 4 is 22.8 Å². The summed E-state index contributed by atoms with van der Waals surface area (Å²) in [6.07, 6.45) is 10.2. The molecule has 1 saturated carbocycles. The summed E-state index contributed by atoms with van der Waals surface area (Å²) in [7, 11) is 0. The molecule has 1 aromatic heterocycles. The van der Waals surface area contributed by atoms with Crippen LogP contribution in [0, 0.1) is 6.92 Å². The van der Waals surface area contributed by atoms with Crippen LogP contribution < -0.4 is 0 Å². The molecular weight excluding hydrogens is 342 g/mol. The summed E-state index contributed by atoms with van der Waals surface area (Å²) < 4.78 is 10.8. The molecule has 1 heterocycles. The molecule has 0 aliphatic heterocycles. The number of allylic oxidation sites excluding steroid dienone is 2. The van der Waals surface area contributed by atoms with E-state index in [0.717, 1.165) is 59.9 Å². The highest BCUT2D eigenvalue weighted by Crippen LogP contribution is 2.33. The Morgan fingerprint density at radius 3 is 2.85 bits per heavy atom. The van der Waals surface area contributed by atoms with E-state index in [1.165, 1.54) is 6.42 Å². The van der Waals surface area contributed by atoms with Crippen molar-refractivity contribution in [2.75, 3.05) is 6.61 Å². The number of esters is 1. The summed E-state index contributed by atoms with van der Waals surface area (Å²) in [5.41, 5.74) is 3.77. The number of carbonyl (C=O) groups excluding carboxylic acids is 2. The summed E-state index contributed by atoms with van der Waals surface area (Å²) in [5.74, 6) is -0.508. The Hall–Kier alpha value is -2.56. The molecule has 0 radical (unpaired) electrons. The number of nitrogens with zero attached hydrogens (tertiary/aromatic N) is 1. The summed E-state index contributed by atoms with van der Waals surface area (Å²) in [5, 5.41) is 0.913. The van der Waals surface area contributed by atoms with E-state index in [1.54, 1.807) is 6.26 Å². The Morgan fingerprint density at radius 2 is 2.11 bits per heavy atom. The third kappa shape index (κ3) is 4.07. The molecule has 1 aromatic carbocycles. The van der Waals surface area contributed by atoms with Crippen LogP contribution in [0.1, 0.15) is 49.7 Å². The Balaban J connectivity index is 1.36. The van der Waals surface area contributed by atoms with Crippen molar-refractivity contribution < 1.29 is 18.7 Å². The van der Waals surface area contributed by atoms with Crippen LogP contribution in [0.15, 0.2) is 40.7 Å². The maximum atomic E-state index is 12.7. The molecule has 5 nitrogen and oxygen atoms in total. The van der Waals surface area contributed by atoms with Gasteiger partial charge in [0.15, 0.2) is 6.61 Å². The van der Waals surface area contributed by atoms with Gasteiger partial charge in [-0.15, -0.1) is 0 Å². The molecule has 2 aliphatic rings. The second-order valence-corrected chi connectivity index (χ2v) is 7.53. The number of amides is 1. The van der Waals surface area contributed by atoms with Gasteiger partial charge in [0.1, 0.15) is 5.58 Å². The van der Waals surface area contributed by atoms with Gasteiger partial charge >= 0.3 is 5.97 Å². The second kappa shape index (κ2) is 7.59. The lowest BCUT2D eigenvalue weighted by atomic mass is 10.0. The van der Waals surface area contributed by atoms with E-state index in [4.69, 9.17) is 9.15 Å². The number of benzene rings is 1. The molecule has 2 aromatic rings. The number of fused-ring (bicyclic) bond motifs is 1. The Kier molecular flexibility index (Phi) is 5.01. The fourth-order valence-corrected chi connectivity index (χ4v) is 3.72. The van der Waals surface area contributed by atoms with Crippen LogP contribution in [0.5, 0.6) is 0 Å². The van der Waals surface area contributed by atoms with Crippen molar-refractivity contribution in [2.45, 2.75) is 57.9 Å². The third-order valence-electron chi connectivity index (χ3n) is 5.26. The van der Waals surface area contributed by atoms with Gasteiger partial charge in [0, 0.05) is 22.7 Å². The molecule has 1 fully saturated rings. The molecule has 2 aliphatic carbocycles. The van der Waals surface area contributed by atoms with Crippen LogP contribution in [0.2, 0.25) is 0 Å². The van der Waals surface area contributed by atoms with Crippen LogP contribution in [-0.4, -0.2) is 29.4 Å². The monoisotopic (exact) mass is 367 g/mol. The molecular formula is C22H25NO4. The van der Waals surface area contributed by atoms with Gasteiger partial charge in [-0.05, 0) is 57.1 Å². The van der Waals surface area contributed by atoms with Crippen molar-refractivity contribution in [3.8, 4) is 0 Å². The average molecular weight is 367 g/mol. The van der Waals surface area contributed by atoms with Crippen LogP contribution in [0.4, 0.5) is 0 Å². The highest BCUT2D eigenvalue weighted by molar-refractivity contribution is 5.87. The summed E-state index contributed by atoms with van der Waals surface area (Å²) in [6.45, 7) is 1.80. The van der Waals surface area contributed by atoms with Crippen LogP contribution in [0.3, 0.4) is 0 Å². The molecule has 27 heavy (non-hydrogen) atoms. The topological polar surface area (TPSA) is 59.8 Å². The third-order valence-corrected chi connectivity index (χ3v) is 5.26. The van der Waals surface area contributed by atoms with E-state index in [0.29, 0.717) is 6.04 Å². The summed E-state index contributed by atoms with van der Waals surface area (Å²) in [4.78, 5) is 26.8. The highest BCUT2D eigenvalue weighted by Gasteiger charge is 2.35. The molecule has 0 spiro atoms. The number of rotatable bonds is 6. The van der Waals surface area contributed by atoms with Crippen molar-refractivity contribution in [3.05, 3.63) is 47.4 Å². The number of hydrogen-bond donors (Lipinski definition) is 0. The van der Waals surface area contributed by atoms with E-state index in [-0.39, 0.29) is 18.9 Å². The molecule has 5 heteroatoms. The molecule has 1 amide bonds. The molecule has 4 rings (SSSR count). The van der Waals surface area contributed by atoms with Gasteiger partial charge in [-0.2, -0.15) is 0 Å². The van der Waals surface area contributed by atoms with Gasteiger partial charge in [0.2, 0.25) is 0 Å². The maximum Gasteiger partial charge on any atom is 0.310 e. The lowest BCUT2D eigenvalue weighted by Gasteiger charge is -2.27. The van der Waals surface area contributed by atoms with Gasteiger partial charge in [-0.25, -0.2) is 0 Å². The Bertz CT molecular complexity index is 891. The van der Waals surface area contributed by atoms with Crippen molar-refractivity contribution in [1.29, 1.82) is 0 Å². The first-order chi connectivity index (χ1) is 13.1. The van der Waals surface area contributed by atoms with Gasteiger partial charge in [0.05, 0.1) is 12.7 Å². The zero-order chi connectivity index (χ0) is 18.8. The first-order valence-corrected chi connectivity index (χ1v) is 9.75. The predicted octanol–water partition coefficient (Wildman–Crippen LogP) is 4.28. The molecule has 142 valence electrons. The molecule has 0 unspecified atom stereocenters. The molecule has 0 bridgehead atoms. The van der Waals surface area contributed by atoms with Crippen molar-refractivity contribution in [1.82, 2.24) is 4.90 Å². The number of ether oxygens (including phenoxy) is 1. The fraction of sp³-hybridized carbons (Fsp3) is 0.455. The lowest BCUT2D eigenvalue weighted by Crippen LogP contribution is -2.36. The number of aryl methyl sites for hydroxylation is 1. The van der Waals surface area contributed by atoms with Gasteiger partial charge < -0.3 is 14.1 Å². The molecule has 0 saturated heterocycles. The van der Waals surface area contributed by atoms with Crippen molar-refractivity contribution in [2.24, 2.45) is 0 Å². The van der Waals surface area contributed by atoms with Crippen LogP contribution >= 0.6 is 0 Å². The predicted molar refractivity (Wildman–Crippen MR) is 102 cm³/mol. The zero-order valence-electron chi connectivity index (χ0n) is 15.7. The first kappa shape index (κ1) is 17.8. The first-order valence-electron chi connectivity index (χ1n) is 9.75. The zero-order valence-corrected chi connectivity index (χ0v) is 15.7. The van der Waals surface area contributed by atoms with E-state index in [9.17, 15) is 9.59 Å². The number of carbonyl (C=O) groups is 2. The number of hydrogen-bond acceptors (Lipinski definition) is 4. The minimum Gasteiger partial charge on any atom is -0.464 e. The van der Waals surface area contributed by atoms with E-state index in [2.05, 4.69) is 6.08 Å². The average Bonchev–Trinajstić information content (AvgIpc) is 3.42. The number of furan rings is 1. The summed E-state index contributed by atoms with van der Waals surface area (Å²) >= 11 is 0. The van der Waals surface area contributed by atoms with Gasteiger partial charge in [-0.1, -0.05) is 18.2 Å². The minimum absolute atomic E-state index is 0.105. The largest absolute Gasteiger partial charge is 0.464 e. The van der Waals surface area contributed by atoms with Crippen molar-refractivity contribution in [3.63, 3.8) is 0 Å². The van der Waals surface area contributed by atoms with Gasteiger partial charge in [0.25, 0.3) is 5.91 Å². The van der Waals surface area contributed by atoms with E-state index in [1.807, 2.05) is 30.0 Å². The normalized spacial score (nSPS) is 16.9. The standard InChI is InChI=1S/C22H25NO4/c1-15-7-10-19-16(13-26-20(19)11-15)12-22(25)27-14-21(24)23(18-8-9-18)17-5-3-2-4-6-17/h5,7,10-11,13,18H,2-4,6,8-9,12,14H2,1H3. The summed E-state index contributed by atoms with van der Waals surface area (Å²) in [6, 6.07) is 6.18. The second-order valence-electron chi connectivity index (χ2n) is 7.53. The van der Waals surface area contributed by atoms with Crippen LogP contribution in [0.25, 0.3) is 11.0 Å². The smallest absolute Gasteiger partial charge is 0.310 e. The fourth-order valence-electron chi connectivity index (χ4n) is 3.72. The van der Waals surface area contributed by atoms with E-state index >= 15 is 0 Å². The Labute approximate surface area is 159 Å². The quantitative estimate of drug-likeness (QED) is 0.715. The highest BCUT2D eigenvalue weighted by atomic mass is 16.5. The van der Waals surface area contributed by atoms with Crippen LogP contribution in [-0.2, 0) is 20.7 Å². The molecule has 0 N–H and O–H groups in total. The maximum absolute atomic E-state index is 12.7. The van der Waals surface area contributed by atoms with E-state index < -0.39 is 5.97 Å².